The van der Waals surface area contributed by atoms with Crippen LogP contribution >= 0.6 is 0 Å². The number of amides is 5. The molecule has 0 aliphatic heterocycles. The molecule has 9 heteroatoms. The molecule has 0 bridgehead atoms. The molecule has 0 spiro atoms. The van der Waals surface area contributed by atoms with Crippen LogP contribution in [0, 0.1) is 13.8 Å². The second-order valence-electron chi connectivity index (χ2n) is 6.29. The number of primary amides is 1. The predicted octanol–water partition coefficient (Wildman–Crippen LogP) is 1.98. The van der Waals surface area contributed by atoms with Gasteiger partial charge in [0.05, 0.1) is 5.56 Å². The van der Waals surface area contributed by atoms with E-state index >= 15 is 0 Å². The first-order chi connectivity index (χ1) is 13.7. The van der Waals surface area contributed by atoms with Crippen LogP contribution in [0.5, 0.6) is 0 Å². The number of nitrogens with one attached hydrogen (secondary N) is 3. The van der Waals surface area contributed by atoms with Gasteiger partial charge in [0.25, 0.3) is 5.91 Å². The molecule has 5 N–H and O–H groups in total. The molecule has 2 aromatic rings. The van der Waals surface area contributed by atoms with Crippen LogP contribution in [0.15, 0.2) is 42.5 Å². The summed E-state index contributed by atoms with van der Waals surface area (Å²) >= 11 is 0. The van der Waals surface area contributed by atoms with Crippen molar-refractivity contribution in [1.29, 1.82) is 0 Å². The molecule has 0 aliphatic rings. The van der Waals surface area contributed by atoms with Gasteiger partial charge in [-0.15, -0.1) is 0 Å². The Morgan fingerprint density at radius 1 is 0.966 bits per heavy atom. The minimum atomic E-state index is -0.762. The van der Waals surface area contributed by atoms with Crippen LogP contribution in [0.3, 0.4) is 0 Å². The standard InChI is InChI=1S/C20H22N4O5/c1-12-3-8-16(9-13(12)2)23-20(28)24-17(25)11-29-18(26)15-6-4-14(5-7-15)10-22-19(21)27/h3-9H,10-11H2,1-2H3,(H3,21,22,27)(H2,23,24,25,28). The van der Waals surface area contributed by atoms with E-state index in [2.05, 4.69) is 16.0 Å². The average molecular weight is 398 g/mol. The van der Waals surface area contributed by atoms with Gasteiger partial charge in [0.2, 0.25) is 0 Å². The van der Waals surface area contributed by atoms with E-state index in [0.717, 1.165) is 16.7 Å². The maximum atomic E-state index is 12.0. The van der Waals surface area contributed by atoms with Gasteiger partial charge in [0, 0.05) is 12.2 Å². The number of aryl methyl sites for hydroxylation is 2. The molecule has 0 saturated carbocycles. The topological polar surface area (TPSA) is 140 Å². The van der Waals surface area contributed by atoms with Gasteiger partial charge in [0.15, 0.2) is 6.61 Å². The molecule has 0 unspecified atom stereocenters. The lowest BCUT2D eigenvalue weighted by Crippen LogP contribution is -2.37. The molecule has 0 heterocycles. The summed E-state index contributed by atoms with van der Waals surface area (Å²) in [5.74, 6) is -1.48. The third kappa shape index (κ3) is 6.98. The van der Waals surface area contributed by atoms with Crippen LogP contribution in [-0.2, 0) is 16.1 Å². The lowest BCUT2D eigenvalue weighted by Gasteiger charge is -2.09. The summed E-state index contributed by atoms with van der Waals surface area (Å²) in [6.07, 6.45) is 0. The molecular formula is C20H22N4O5. The summed E-state index contributed by atoms with van der Waals surface area (Å²) in [6.45, 7) is 3.47. The van der Waals surface area contributed by atoms with Crippen LogP contribution in [0.25, 0.3) is 0 Å². The smallest absolute Gasteiger partial charge is 0.338 e. The van der Waals surface area contributed by atoms with Crippen molar-refractivity contribution in [3.8, 4) is 0 Å². The highest BCUT2D eigenvalue weighted by atomic mass is 16.5. The van der Waals surface area contributed by atoms with Gasteiger partial charge < -0.3 is 21.1 Å². The fourth-order valence-corrected chi connectivity index (χ4v) is 2.31. The van der Waals surface area contributed by atoms with E-state index in [0.29, 0.717) is 5.69 Å². The Morgan fingerprint density at radius 3 is 2.28 bits per heavy atom. The Hall–Kier alpha value is -3.88. The zero-order valence-electron chi connectivity index (χ0n) is 16.1. The molecule has 0 radical (unpaired) electrons. The number of imide groups is 1. The van der Waals surface area contributed by atoms with Crippen LogP contribution in [0.2, 0.25) is 0 Å². The van der Waals surface area contributed by atoms with Crippen molar-refractivity contribution >= 4 is 29.6 Å². The predicted molar refractivity (Wildman–Crippen MR) is 106 cm³/mol. The SMILES string of the molecule is Cc1ccc(NC(=O)NC(=O)COC(=O)c2ccc(CNC(N)=O)cc2)cc1C. The molecule has 5 amide bonds. The Bertz CT molecular complexity index is 925. The van der Waals surface area contributed by atoms with Crippen molar-refractivity contribution in [3.05, 3.63) is 64.7 Å². The minimum Gasteiger partial charge on any atom is -0.452 e. The average Bonchev–Trinajstić information content (AvgIpc) is 2.67. The summed E-state index contributed by atoms with van der Waals surface area (Å²) in [6, 6.07) is 10.2. The molecule has 9 nitrogen and oxygen atoms in total. The highest BCUT2D eigenvalue weighted by molar-refractivity contribution is 6.02. The number of esters is 1. The van der Waals surface area contributed by atoms with Gasteiger partial charge >= 0.3 is 18.0 Å². The molecule has 152 valence electrons. The quantitative estimate of drug-likeness (QED) is 0.551. The number of hydrogen-bond donors (Lipinski definition) is 4. The van der Waals surface area contributed by atoms with Gasteiger partial charge in [-0.3, -0.25) is 10.1 Å². The Morgan fingerprint density at radius 2 is 1.66 bits per heavy atom. The number of nitrogens with two attached hydrogens (primary N) is 1. The Balaban J connectivity index is 1.78. The zero-order chi connectivity index (χ0) is 21.4. The summed E-state index contributed by atoms with van der Waals surface area (Å²) in [5.41, 5.74) is 8.57. The number of anilines is 1. The van der Waals surface area contributed by atoms with Crippen molar-refractivity contribution in [1.82, 2.24) is 10.6 Å². The van der Waals surface area contributed by atoms with E-state index in [4.69, 9.17) is 10.5 Å². The van der Waals surface area contributed by atoms with E-state index in [1.807, 2.05) is 19.9 Å². The molecule has 2 aromatic carbocycles. The second-order valence-corrected chi connectivity index (χ2v) is 6.29. The third-order valence-electron chi connectivity index (χ3n) is 4.01. The first-order valence-corrected chi connectivity index (χ1v) is 8.72. The Kier molecular flexibility index (Phi) is 7.30. The molecule has 0 aliphatic carbocycles. The van der Waals surface area contributed by atoms with Crippen LogP contribution < -0.4 is 21.7 Å². The third-order valence-corrected chi connectivity index (χ3v) is 4.01. The van der Waals surface area contributed by atoms with Crippen molar-refractivity contribution < 1.29 is 23.9 Å². The van der Waals surface area contributed by atoms with Gasteiger partial charge in [-0.1, -0.05) is 18.2 Å². The minimum absolute atomic E-state index is 0.222. The first kappa shape index (κ1) is 21.4. The molecule has 0 atom stereocenters. The van der Waals surface area contributed by atoms with Crippen molar-refractivity contribution in [3.63, 3.8) is 0 Å². The van der Waals surface area contributed by atoms with Crippen LogP contribution in [0.4, 0.5) is 15.3 Å². The lowest BCUT2D eigenvalue weighted by molar-refractivity contribution is -0.123. The second kappa shape index (κ2) is 9.88. The van der Waals surface area contributed by atoms with Crippen molar-refractivity contribution in [2.75, 3.05) is 11.9 Å². The van der Waals surface area contributed by atoms with E-state index < -0.39 is 30.5 Å². The number of urea groups is 2. The summed E-state index contributed by atoms with van der Waals surface area (Å²) in [7, 11) is 0. The van der Waals surface area contributed by atoms with Gasteiger partial charge in [-0.2, -0.15) is 0 Å². The highest BCUT2D eigenvalue weighted by Crippen LogP contribution is 2.13. The first-order valence-electron chi connectivity index (χ1n) is 8.72. The Labute approximate surface area is 167 Å². The van der Waals surface area contributed by atoms with Gasteiger partial charge in [-0.05, 0) is 54.8 Å². The fourth-order valence-electron chi connectivity index (χ4n) is 2.31. The van der Waals surface area contributed by atoms with E-state index in [1.165, 1.54) is 12.1 Å². The van der Waals surface area contributed by atoms with E-state index in [1.54, 1.807) is 24.3 Å². The molecule has 29 heavy (non-hydrogen) atoms. The van der Waals surface area contributed by atoms with E-state index in [9.17, 15) is 19.2 Å². The maximum Gasteiger partial charge on any atom is 0.338 e. The molecule has 0 aromatic heterocycles. The normalized spacial score (nSPS) is 10.0. The number of benzene rings is 2. The molecule has 2 rings (SSSR count). The number of hydrogen-bond acceptors (Lipinski definition) is 5. The molecular weight excluding hydrogens is 376 g/mol. The number of carbonyl (C=O) groups is 4. The van der Waals surface area contributed by atoms with Crippen LogP contribution in [0.1, 0.15) is 27.0 Å². The monoisotopic (exact) mass is 398 g/mol. The summed E-state index contributed by atoms with van der Waals surface area (Å²) in [4.78, 5) is 46.3. The van der Waals surface area contributed by atoms with Crippen molar-refractivity contribution in [2.24, 2.45) is 5.73 Å². The summed E-state index contributed by atoms with van der Waals surface area (Å²) < 4.78 is 4.89. The van der Waals surface area contributed by atoms with E-state index in [-0.39, 0.29) is 12.1 Å². The highest BCUT2D eigenvalue weighted by Gasteiger charge is 2.13. The largest absolute Gasteiger partial charge is 0.452 e. The van der Waals surface area contributed by atoms with Gasteiger partial charge in [0.1, 0.15) is 0 Å². The number of carbonyl (C=O) groups excluding carboxylic acids is 4. The lowest BCUT2D eigenvalue weighted by atomic mass is 10.1. The number of rotatable bonds is 6. The maximum absolute atomic E-state index is 12.0. The molecule has 0 fully saturated rings. The summed E-state index contributed by atoms with van der Waals surface area (Å²) in [5, 5.41) is 7.05. The zero-order valence-corrected chi connectivity index (χ0v) is 16.1. The van der Waals surface area contributed by atoms with Crippen LogP contribution in [-0.4, -0.2) is 30.5 Å². The van der Waals surface area contributed by atoms with Crippen molar-refractivity contribution in [2.45, 2.75) is 20.4 Å². The molecule has 0 saturated heterocycles. The fraction of sp³-hybridized carbons (Fsp3) is 0.200. The number of ether oxygens (including phenoxy) is 1. The van der Waals surface area contributed by atoms with Gasteiger partial charge in [-0.25, -0.2) is 14.4 Å².